The van der Waals surface area contributed by atoms with E-state index in [4.69, 9.17) is 11.6 Å². The number of piperidine rings is 1. The van der Waals surface area contributed by atoms with Gasteiger partial charge >= 0.3 is 6.61 Å². The van der Waals surface area contributed by atoms with Crippen LogP contribution in [0.3, 0.4) is 0 Å². The molecule has 2 amide bonds. The number of alkyl halides is 2. The van der Waals surface area contributed by atoms with Crippen molar-refractivity contribution >= 4 is 29.1 Å². The highest BCUT2D eigenvalue weighted by atomic mass is 35.5. The molecule has 0 unspecified atom stereocenters. The number of amides is 2. The van der Waals surface area contributed by atoms with Gasteiger partial charge in [0.25, 0.3) is 5.91 Å². The minimum atomic E-state index is -2.97. The lowest BCUT2D eigenvalue weighted by molar-refractivity contribution is -0.121. The monoisotopic (exact) mass is 408 g/mol. The maximum atomic E-state index is 12.5. The van der Waals surface area contributed by atoms with Gasteiger partial charge in [-0.25, -0.2) is 0 Å². The number of halogens is 3. The Morgan fingerprint density at radius 2 is 1.71 bits per heavy atom. The van der Waals surface area contributed by atoms with Crippen molar-refractivity contribution in [1.82, 2.24) is 4.90 Å². The molecule has 1 N–H and O–H groups in total. The summed E-state index contributed by atoms with van der Waals surface area (Å²) in [6, 6.07) is 12.7. The van der Waals surface area contributed by atoms with E-state index in [2.05, 4.69) is 10.1 Å². The summed E-state index contributed by atoms with van der Waals surface area (Å²) < 4.78 is 29.4. The fraction of sp³-hybridized carbons (Fsp3) is 0.300. The summed E-state index contributed by atoms with van der Waals surface area (Å²) in [5, 5.41) is 3.21. The minimum absolute atomic E-state index is 0.0822. The number of nitrogens with zero attached hydrogens (tertiary/aromatic N) is 1. The van der Waals surface area contributed by atoms with Gasteiger partial charge < -0.3 is 15.0 Å². The Labute approximate surface area is 166 Å². The van der Waals surface area contributed by atoms with Crippen molar-refractivity contribution in [3.05, 3.63) is 59.1 Å². The molecule has 3 rings (SSSR count). The molecule has 0 atom stereocenters. The first kappa shape index (κ1) is 20.1. The molecule has 0 bridgehead atoms. The summed E-state index contributed by atoms with van der Waals surface area (Å²) in [5.41, 5.74) is 0.748. The van der Waals surface area contributed by atoms with E-state index in [0.717, 1.165) is 0 Å². The second-order valence-corrected chi connectivity index (χ2v) is 6.87. The van der Waals surface area contributed by atoms with E-state index in [9.17, 15) is 18.4 Å². The van der Waals surface area contributed by atoms with E-state index in [1.54, 1.807) is 41.3 Å². The lowest BCUT2D eigenvalue weighted by atomic mass is 9.95. The second-order valence-electron chi connectivity index (χ2n) is 6.44. The van der Waals surface area contributed by atoms with Crippen LogP contribution in [0.15, 0.2) is 48.5 Å². The van der Waals surface area contributed by atoms with Gasteiger partial charge in [-0.1, -0.05) is 23.7 Å². The number of ether oxygens (including phenoxy) is 1. The van der Waals surface area contributed by atoms with Crippen LogP contribution < -0.4 is 10.1 Å². The Kier molecular flexibility index (Phi) is 6.46. The Balaban J connectivity index is 1.57. The number of rotatable bonds is 5. The topological polar surface area (TPSA) is 58.6 Å². The van der Waals surface area contributed by atoms with Crippen molar-refractivity contribution in [1.29, 1.82) is 0 Å². The van der Waals surface area contributed by atoms with Crippen molar-refractivity contribution in [3.63, 3.8) is 0 Å². The molecule has 5 nitrogen and oxygen atoms in total. The zero-order chi connectivity index (χ0) is 20.1. The first-order valence-electron chi connectivity index (χ1n) is 8.83. The number of hydrogen-bond donors (Lipinski definition) is 1. The minimum Gasteiger partial charge on any atom is -0.433 e. The maximum absolute atomic E-state index is 12.5. The third kappa shape index (κ3) is 4.98. The molecule has 0 aliphatic carbocycles. The zero-order valence-corrected chi connectivity index (χ0v) is 15.7. The molecule has 1 saturated heterocycles. The summed E-state index contributed by atoms with van der Waals surface area (Å²) in [6.07, 6.45) is 0.978. The van der Waals surface area contributed by atoms with Crippen LogP contribution in [0.1, 0.15) is 23.2 Å². The number of likely N-dealkylation sites (tertiary alicyclic amines) is 1. The lowest BCUT2D eigenvalue weighted by Crippen LogP contribution is -2.41. The first-order chi connectivity index (χ1) is 13.4. The predicted molar refractivity (Wildman–Crippen MR) is 102 cm³/mol. The normalized spacial score (nSPS) is 14.8. The van der Waals surface area contributed by atoms with Crippen LogP contribution in [0, 0.1) is 5.92 Å². The number of para-hydroxylation sites is 2. The molecular weight excluding hydrogens is 390 g/mol. The van der Waals surface area contributed by atoms with Gasteiger partial charge in [-0.3, -0.25) is 9.59 Å². The van der Waals surface area contributed by atoms with E-state index < -0.39 is 6.61 Å². The average molecular weight is 409 g/mol. The summed E-state index contributed by atoms with van der Waals surface area (Å²) in [6.45, 7) is -2.09. The van der Waals surface area contributed by atoms with Crippen molar-refractivity contribution in [2.24, 2.45) is 5.92 Å². The van der Waals surface area contributed by atoms with Crippen LogP contribution in [0.5, 0.6) is 5.75 Å². The fourth-order valence-electron chi connectivity index (χ4n) is 3.12. The van der Waals surface area contributed by atoms with Crippen LogP contribution in [-0.4, -0.2) is 36.4 Å². The van der Waals surface area contributed by atoms with Gasteiger partial charge in [0.2, 0.25) is 5.91 Å². The molecule has 28 heavy (non-hydrogen) atoms. The summed E-state index contributed by atoms with van der Waals surface area (Å²) in [5.74, 6) is -0.773. The van der Waals surface area contributed by atoms with Crippen molar-refractivity contribution < 1.29 is 23.1 Å². The SMILES string of the molecule is O=C(Nc1ccccc1OC(F)F)C1CCN(C(=O)c2ccc(Cl)cc2)CC1. The predicted octanol–water partition coefficient (Wildman–Crippen LogP) is 4.43. The summed E-state index contributed by atoms with van der Waals surface area (Å²) in [4.78, 5) is 26.7. The van der Waals surface area contributed by atoms with Crippen molar-refractivity contribution in [3.8, 4) is 5.75 Å². The van der Waals surface area contributed by atoms with Gasteiger partial charge in [0.1, 0.15) is 5.75 Å². The average Bonchev–Trinajstić information content (AvgIpc) is 2.69. The molecule has 0 aromatic heterocycles. The van der Waals surface area contributed by atoms with E-state index in [1.807, 2.05) is 0 Å². The maximum Gasteiger partial charge on any atom is 0.387 e. The fourth-order valence-corrected chi connectivity index (χ4v) is 3.25. The summed E-state index contributed by atoms with van der Waals surface area (Å²) >= 11 is 5.84. The van der Waals surface area contributed by atoms with E-state index >= 15 is 0 Å². The van der Waals surface area contributed by atoms with Gasteiger partial charge in [-0.2, -0.15) is 8.78 Å². The molecule has 0 saturated carbocycles. The number of carbonyl (C=O) groups excluding carboxylic acids is 2. The molecule has 0 radical (unpaired) electrons. The molecule has 0 spiro atoms. The Bertz CT molecular complexity index is 838. The van der Waals surface area contributed by atoms with E-state index in [0.29, 0.717) is 36.5 Å². The Morgan fingerprint density at radius 1 is 1.07 bits per heavy atom. The smallest absolute Gasteiger partial charge is 0.387 e. The molecular formula is C20H19ClF2N2O3. The lowest BCUT2D eigenvalue weighted by Gasteiger charge is -2.31. The molecule has 148 valence electrons. The van der Waals surface area contributed by atoms with Gasteiger partial charge in [-0.15, -0.1) is 0 Å². The van der Waals surface area contributed by atoms with Gasteiger partial charge in [0.05, 0.1) is 5.69 Å². The number of benzene rings is 2. The van der Waals surface area contributed by atoms with Gasteiger partial charge in [0, 0.05) is 29.6 Å². The Morgan fingerprint density at radius 3 is 2.36 bits per heavy atom. The number of hydrogen-bond acceptors (Lipinski definition) is 3. The molecule has 1 fully saturated rings. The van der Waals surface area contributed by atoms with Crippen molar-refractivity contribution in [2.45, 2.75) is 19.5 Å². The third-order valence-corrected chi connectivity index (χ3v) is 4.86. The molecule has 8 heteroatoms. The molecule has 2 aromatic rings. The van der Waals surface area contributed by atoms with Gasteiger partial charge in [0.15, 0.2) is 0 Å². The first-order valence-corrected chi connectivity index (χ1v) is 9.21. The van der Waals surface area contributed by atoms with Crippen LogP contribution >= 0.6 is 11.6 Å². The number of nitrogens with one attached hydrogen (secondary N) is 1. The number of anilines is 1. The summed E-state index contributed by atoms with van der Waals surface area (Å²) in [7, 11) is 0. The van der Waals surface area contributed by atoms with Crippen LogP contribution in [-0.2, 0) is 4.79 Å². The highest BCUT2D eigenvalue weighted by molar-refractivity contribution is 6.30. The highest BCUT2D eigenvalue weighted by Gasteiger charge is 2.28. The molecule has 1 heterocycles. The van der Waals surface area contributed by atoms with Gasteiger partial charge in [-0.05, 0) is 49.2 Å². The quantitative estimate of drug-likeness (QED) is 0.796. The second kappa shape index (κ2) is 9.01. The third-order valence-electron chi connectivity index (χ3n) is 4.61. The standard InChI is InChI=1S/C20H19ClF2N2O3/c21-15-7-5-14(6-8-15)19(27)25-11-9-13(10-12-25)18(26)24-16-3-1-2-4-17(16)28-20(22)23/h1-8,13,20H,9-12H2,(H,24,26). The molecule has 1 aliphatic heterocycles. The molecule has 2 aromatic carbocycles. The largest absolute Gasteiger partial charge is 0.433 e. The highest BCUT2D eigenvalue weighted by Crippen LogP contribution is 2.27. The number of carbonyl (C=O) groups is 2. The van der Waals surface area contributed by atoms with Crippen LogP contribution in [0.2, 0.25) is 5.02 Å². The van der Waals surface area contributed by atoms with E-state index in [1.165, 1.54) is 12.1 Å². The Hall–Kier alpha value is -2.67. The molecule has 1 aliphatic rings. The van der Waals surface area contributed by atoms with Crippen LogP contribution in [0.4, 0.5) is 14.5 Å². The zero-order valence-electron chi connectivity index (χ0n) is 14.9. The van der Waals surface area contributed by atoms with Crippen molar-refractivity contribution in [2.75, 3.05) is 18.4 Å². The van der Waals surface area contributed by atoms with Crippen LogP contribution in [0.25, 0.3) is 0 Å². The van der Waals surface area contributed by atoms with E-state index in [-0.39, 0.29) is 29.2 Å².